The SMILES string of the molecule is Cc1cc(C)c(C(=O)c2cc(I)ccc2Br)s1. The molecule has 4 heteroatoms. The highest BCUT2D eigenvalue weighted by Crippen LogP contribution is 2.28. The molecular formula is C13H10BrIOS. The molecule has 17 heavy (non-hydrogen) atoms. The van der Waals surface area contributed by atoms with Gasteiger partial charge < -0.3 is 0 Å². The van der Waals surface area contributed by atoms with Gasteiger partial charge in [0.15, 0.2) is 0 Å². The average Bonchev–Trinajstić information content (AvgIpc) is 2.60. The lowest BCUT2D eigenvalue weighted by atomic mass is 10.1. The maximum atomic E-state index is 12.4. The maximum absolute atomic E-state index is 12.4. The van der Waals surface area contributed by atoms with Gasteiger partial charge in [0, 0.05) is 18.5 Å². The van der Waals surface area contributed by atoms with E-state index in [0.717, 1.165) is 24.0 Å². The van der Waals surface area contributed by atoms with E-state index in [4.69, 9.17) is 0 Å². The fourth-order valence-corrected chi connectivity index (χ4v) is 3.56. The highest BCUT2D eigenvalue weighted by atomic mass is 127. The molecule has 2 rings (SSSR count). The second-order valence-corrected chi connectivity index (χ2v) is 7.18. The van der Waals surface area contributed by atoms with E-state index in [-0.39, 0.29) is 5.78 Å². The molecule has 0 spiro atoms. The van der Waals surface area contributed by atoms with E-state index >= 15 is 0 Å². The number of hydrogen-bond donors (Lipinski definition) is 0. The Morgan fingerprint density at radius 1 is 1.29 bits per heavy atom. The van der Waals surface area contributed by atoms with Crippen LogP contribution in [0.15, 0.2) is 28.7 Å². The maximum Gasteiger partial charge on any atom is 0.204 e. The van der Waals surface area contributed by atoms with Gasteiger partial charge in [-0.05, 0) is 66.3 Å². The molecule has 0 bridgehead atoms. The molecule has 1 aromatic heterocycles. The van der Waals surface area contributed by atoms with Crippen molar-refractivity contribution in [3.63, 3.8) is 0 Å². The highest BCUT2D eigenvalue weighted by molar-refractivity contribution is 14.1. The van der Waals surface area contributed by atoms with E-state index in [2.05, 4.69) is 44.6 Å². The van der Waals surface area contributed by atoms with E-state index in [1.165, 1.54) is 4.88 Å². The number of hydrogen-bond acceptors (Lipinski definition) is 2. The number of aryl methyl sites for hydroxylation is 2. The van der Waals surface area contributed by atoms with Crippen LogP contribution in [0, 0.1) is 17.4 Å². The van der Waals surface area contributed by atoms with Gasteiger partial charge in [0.1, 0.15) is 0 Å². The van der Waals surface area contributed by atoms with Crippen molar-refractivity contribution < 1.29 is 4.79 Å². The van der Waals surface area contributed by atoms with Gasteiger partial charge in [0.2, 0.25) is 5.78 Å². The second-order valence-electron chi connectivity index (χ2n) is 3.82. The number of thiophene rings is 1. The number of carbonyl (C=O) groups excluding carboxylic acids is 1. The quantitative estimate of drug-likeness (QED) is 0.495. The summed E-state index contributed by atoms with van der Waals surface area (Å²) < 4.78 is 1.92. The summed E-state index contributed by atoms with van der Waals surface area (Å²) in [6.45, 7) is 4.01. The lowest BCUT2D eigenvalue weighted by Crippen LogP contribution is -2.02. The Kier molecular flexibility index (Phi) is 4.05. The van der Waals surface area contributed by atoms with Crippen molar-refractivity contribution >= 4 is 55.6 Å². The first-order valence-electron chi connectivity index (χ1n) is 5.06. The first-order valence-corrected chi connectivity index (χ1v) is 7.74. The molecule has 0 amide bonds. The number of carbonyl (C=O) groups is 1. The molecule has 0 aliphatic carbocycles. The molecule has 0 radical (unpaired) electrons. The summed E-state index contributed by atoms with van der Waals surface area (Å²) in [5.41, 5.74) is 1.80. The van der Waals surface area contributed by atoms with Crippen LogP contribution in [0.4, 0.5) is 0 Å². The predicted molar refractivity (Wildman–Crippen MR) is 84.1 cm³/mol. The van der Waals surface area contributed by atoms with Gasteiger partial charge in [-0.15, -0.1) is 11.3 Å². The largest absolute Gasteiger partial charge is 0.288 e. The molecular weight excluding hydrogens is 411 g/mol. The van der Waals surface area contributed by atoms with E-state index in [1.54, 1.807) is 11.3 Å². The van der Waals surface area contributed by atoms with Crippen LogP contribution in [0.2, 0.25) is 0 Å². The van der Waals surface area contributed by atoms with E-state index < -0.39 is 0 Å². The standard InChI is InChI=1S/C13H10BrIOS/c1-7-5-8(2)17-13(7)12(16)10-6-9(15)3-4-11(10)14/h3-6H,1-2H3. The van der Waals surface area contributed by atoms with Gasteiger partial charge in [-0.3, -0.25) is 4.79 Å². The molecule has 1 nitrogen and oxygen atoms in total. The van der Waals surface area contributed by atoms with Crippen molar-refractivity contribution in [1.29, 1.82) is 0 Å². The molecule has 0 N–H and O–H groups in total. The summed E-state index contributed by atoms with van der Waals surface area (Å²) in [6.07, 6.45) is 0. The number of halogens is 2. The summed E-state index contributed by atoms with van der Waals surface area (Å²) >= 11 is 7.22. The van der Waals surface area contributed by atoms with Crippen molar-refractivity contribution in [1.82, 2.24) is 0 Å². The lowest BCUT2D eigenvalue weighted by molar-refractivity contribution is 0.104. The fourth-order valence-electron chi connectivity index (χ4n) is 1.66. The number of rotatable bonds is 2. The first kappa shape index (κ1) is 13.2. The topological polar surface area (TPSA) is 17.1 Å². The molecule has 0 saturated heterocycles. The highest BCUT2D eigenvalue weighted by Gasteiger charge is 2.17. The third-order valence-electron chi connectivity index (χ3n) is 2.42. The molecule has 1 aromatic carbocycles. The lowest BCUT2D eigenvalue weighted by Gasteiger charge is -2.03. The molecule has 1 heterocycles. The van der Waals surface area contributed by atoms with Crippen molar-refractivity contribution in [2.24, 2.45) is 0 Å². The van der Waals surface area contributed by atoms with Gasteiger partial charge in [0.05, 0.1) is 4.88 Å². The minimum absolute atomic E-state index is 0.103. The van der Waals surface area contributed by atoms with Crippen molar-refractivity contribution in [3.05, 3.63) is 53.2 Å². The minimum atomic E-state index is 0.103. The number of benzene rings is 1. The van der Waals surface area contributed by atoms with Crippen LogP contribution in [-0.2, 0) is 0 Å². The number of ketones is 1. The zero-order valence-electron chi connectivity index (χ0n) is 9.38. The van der Waals surface area contributed by atoms with Gasteiger partial charge in [-0.25, -0.2) is 0 Å². The van der Waals surface area contributed by atoms with Gasteiger partial charge in [0.25, 0.3) is 0 Å². The van der Waals surface area contributed by atoms with Crippen LogP contribution in [0.25, 0.3) is 0 Å². The van der Waals surface area contributed by atoms with Gasteiger partial charge in [-0.1, -0.05) is 15.9 Å². The second kappa shape index (κ2) is 5.20. The molecule has 0 fully saturated rings. The van der Waals surface area contributed by atoms with Crippen molar-refractivity contribution in [2.45, 2.75) is 13.8 Å². The Hall–Kier alpha value is -0.200. The van der Waals surface area contributed by atoms with Crippen molar-refractivity contribution in [2.75, 3.05) is 0 Å². The normalized spacial score (nSPS) is 10.6. The van der Waals surface area contributed by atoms with Crippen LogP contribution in [0.5, 0.6) is 0 Å². The van der Waals surface area contributed by atoms with Crippen molar-refractivity contribution in [3.8, 4) is 0 Å². The molecule has 2 aromatic rings. The predicted octanol–water partition coefficient (Wildman–Crippen LogP) is 4.96. The summed E-state index contributed by atoms with van der Waals surface area (Å²) in [7, 11) is 0. The Bertz CT molecular complexity index is 589. The minimum Gasteiger partial charge on any atom is -0.288 e. The third kappa shape index (κ3) is 2.80. The monoisotopic (exact) mass is 420 g/mol. The van der Waals surface area contributed by atoms with E-state index in [1.807, 2.05) is 32.0 Å². The van der Waals surface area contributed by atoms with Crippen LogP contribution in [0.1, 0.15) is 25.7 Å². The zero-order valence-corrected chi connectivity index (χ0v) is 13.9. The Morgan fingerprint density at radius 2 is 2.00 bits per heavy atom. The molecule has 0 aliphatic heterocycles. The zero-order chi connectivity index (χ0) is 12.6. The Morgan fingerprint density at radius 3 is 2.59 bits per heavy atom. The summed E-state index contributed by atoms with van der Waals surface area (Å²) in [5, 5.41) is 0. The summed E-state index contributed by atoms with van der Waals surface area (Å²) in [5.74, 6) is 0.103. The summed E-state index contributed by atoms with van der Waals surface area (Å²) in [6, 6.07) is 7.87. The fraction of sp³-hybridized carbons (Fsp3) is 0.154. The third-order valence-corrected chi connectivity index (χ3v) is 4.93. The van der Waals surface area contributed by atoms with Crippen LogP contribution >= 0.6 is 49.9 Å². The molecule has 0 atom stereocenters. The first-order chi connectivity index (χ1) is 7.99. The summed E-state index contributed by atoms with van der Waals surface area (Å²) in [4.78, 5) is 14.4. The Balaban J connectivity index is 2.50. The molecule has 0 saturated carbocycles. The molecule has 0 unspecified atom stereocenters. The van der Waals surface area contributed by atoms with Crippen LogP contribution in [0.3, 0.4) is 0 Å². The van der Waals surface area contributed by atoms with Gasteiger partial charge in [-0.2, -0.15) is 0 Å². The molecule has 0 aliphatic rings. The Labute approximate surface area is 127 Å². The molecule has 88 valence electrons. The van der Waals surface area contributed by atoms with E-state index in [9.17, 15) is 4.79 Å². The van der Waals surface area contributed by atoms with E-state index in [0.29, 0.717) is 0 Å². The van der Waals surface area contributed by atoms with Crippen LogP contribution < -0.4 is 0 Å². The smallest absolute Gasteiger partial charge is 0.204 e. The van der Waals surface area contributed by atoms with Gasteiger partial charge >= 0.3 is 0 Å². The average molecular weight is 421 g/mol. The van der Waals surface area contributed by atoms with Crippen LogP contribution in [-0.4, -0.2) is 5.78 Å².